The normalized spacial score (nSPS) is 15.1. The van der Waals surface area contributed by atoms with Crippen LogP contribution in [0.5, 0.6) is 0 Å². The lowest BCUT2D eigenvalue weighted by Gasteiger charge is -2.34. The molecular weight excluding hydrogens is 260 g/mol. The van der Waals surface area contributed by atoms with Crippen molar-refractivity contribution in [3.8, 4) is 0 Å². The number of amides is 2. The highest BCUT2D eigenvalue weighted by atomic mass is 16.4. The van der Waals surface area contributed by atoms with Crippen molar-refractivity contribution < 1.29 is 19.5 Å². The average Bonchev–Trinajstić information content (AvgIpc) is 2.46. The molecule has 0 saturated carbocycles. The fraction of sp³-hybridized carbons (Fsp3) is 0.357. The summed E-state index contributed by atoms with van der Waals surface area (Å²) in [7, 11) is 0. The SMILES string of the molecule is CC(=O)N1CCN(C(=O)c2ccc(C(=O)O)cc2)CC1. The van der Waals surface area contributed by atoms with Crippen LogP contribution >= 0.6 is 0 Å². The molecule has 0 bridgehead atoms. The van der Waals surface area contributed by atoms with E-state index in [0.717, 1.165) is 0 Å². The van der Waals surface area contributed by atoms with Gasteiger partial charge < -0.3 is 14.9 Å². The molecule has 1 aliphatic rings. The Morgan fingerprint density at radius 1 is 0.900 bits per heavy atom. The second-order valence-corrected chi connectivity index (χ2v) is 4.68. The number of rotatable bonds is 2. The van der Waals surface area contributed by atoms with Gasteiger partial charge in [0.2, 0.25) is 5.91 Å². The van der Waals surface area contributed by atoms with E-state index in [0.29, 0.717) is 31.7 Å². The lowest BCUT2D eigenvalue weighted by molar-refractivity contribution is -0.130. The fourth-order valence-corrected chi connectivity index (χ4v) is 2.16. The molecule has 1 aliphatic heterocycles. The van der Waals surface area contributed by atoms with E-state index < -0.39 is 5.97 Å². The van der Waals surface area contributed by atoms with E-state index in [4.69, 9.17) is 5.11 Å². The second-order valence-electron chi connectivity index (χ2n) is 4.68. The predicted octanol–water partition coefficient (Wildman–Crippen LogP) is 0.689. The number of carbonyl (C=O) groups is 3. The van der Waals surface area contributed by atoms with Crippen molar-refractivity contribution in [2.24, 2.45) is 0 Å². The minimum absolute atomic E-state index is 0.0166. The third-order valence-corrected chi connectivity index (χ3v) is 3.39. The van der Waals surface area contributed by atoms with Crippen molar-refractivity contribution in [1.82, 2.24) is 9.80 Å². The van der Waals surface area contributed by atoms with Gasteiger partial charge in [-0.25, -0.2) is 4.79 Å². The smallest absolute Gasteiger partial charge is 0.335 e. The lowest BCUT2D eigenvalue weighted by atomic mass is 10.1. The van der Waals surface area contributed by atoms with Crippen LogP contribution < -0.4 is 0 Å². The molecule has 6 heteroatoms. The minimum atomic E-state index is -1.01. The highest BCUT2D eigenvalue weighted by molar-refractivity contribution is 5.96. The van der Waals surface area contributed by atoms with Crippen LogP contribution in [-0.2, 0) is 4.79 Å². The number of hydrogen-bond donors (Lipinski definition) is 1. The molecule has 20 heavy (non-hydrogen) atoms. The van der Waals surface area contributed by atoms with Gasteiger partial charge in [-0.05, 0) is 24.3 Å². The van der Waals surface area contributed by atoms with Crippen LogP contribution in [-0.4, -0.2) is 58.9 Å². The number of carboxylic acid groups (broad SMARTS) is 1. The van der Waals surface area contributed by atoms with Crippen molar-refractivity contribution in [2.45, 2.75) is 6.92 Å². The number of nitrogens with zero attached hydrogens (tertiary/aromatic N) is 2. The lowest BCUT2D eigenvalue weighted by Crippen LogP contribution is -2.50. The van der Waals surface area contributed by atoms with Gasteiger partial charge >= 0.3 is 5.97 Å². The maximum atomic E-state index is 12.2. The van der Waals surface area contributed by atoms with Crippen LogP contribution in [0, 0.1) is 0 Å². The largest absolute Gasteiger partial charge is 0.478 e. The average molecular weight is 276 g/mol. The summed E-state index contributed by atoms with van der Waals surface area (Å²) in [6.07, 6.45) is 0. The molecule has 2 rings (SSSR count). The van der Waals surface area contributed by atoms with Crippen LogP contribution in [0.2, 0.25) is 0 Å². The van der Waals surface area contributed by atoms with Crippen LogP contribution in [0.3, 0.4) is 0 Å². The van der Waals surface area contributed by atoms with Gasteiger partial charge in [-0.2, -0.15) is 0 Å². The molecule has 1 N–H and O–H groups in total. The second kappa shape index (κ2) is 5.73. The van der Waals surface area contributed by atoms with Gasteiger partial charge in [0.25, 0.3) is 5.91 Å². The minimum Gasteiger partial charge on any atom is -0.478 e. The summed E-state index contributed by atoms with van der Waals surface area (Å²) >= 11 is 0. The summed E-state index contributed by atoms with van der Waals surface area (Å²) in [5.74, 6) is -1.13. The summed E-state index contributed by atoms with van der Waals surface area (Å²) in [5.41, 5.74) is 0.620. The van der Waals surface area contributed by atoms with Crippen molar-refractivity contribution in [1.29, 1.82) is 0 Å². The topological polar surface area (TPSA) is 77.9 Å². The maximum absolute atomic E-state index is 12.2. The Bertz CT molecular complexity index is 531. The zero-order valence-corrected chi connectivity index (χ0v) is 11.2. The van der Waals surface area contributed by atoms with E-state index in [-0.39, 0.29) is 17.4 Å². The van der Waals surface area contributed by atoms with E-state index in [1.54, 1.807) is 9.80 Å². The van der Waals surface area contributed by atoms with Gasteiger partial charge in [0, 0.05) is 38.7 Å². The molecule has 0 aliphatic carbocycles. The molecule has 1 saturated heterocycles. The number of benzene rings is 1. The Labute approximate surface area is 116 Å². The molecule has 6 nitrogen and oxygen atoms in total. The molecule has 106 valence electrons. The predicted molar refractivity (Wildman–Crippen MR) is 71.6 cm³/mol. The zero-order chi connectivity index (χ0) is 14.7. The molecule has 0 unspecified atom stereocenters. The zero-order valence-electron chi connectivity index (χ0n) is 11.2. The number of piperazine rings is 1. The summed E-state index contributed by atoms with van der Waals surface area (Å²) in [4.78, 5) is 37.6. The van der Waals surface area contributed by atoms with Gasteiger partial charge in [-0.15, -0.1) is 0 Å². The first-order valence-electron chi connectivity index (χ1n) is 6.37. The maximum Gasteiger partial charge on any atom is 0.335 e. The van der Waals surface area contributed by atoms with Gasteiger partial charge in [0.05, 0.1) is 5.56 Å². The monoisotopic (exact) mass is 276 g/mol. The Morgan fingerprint density at radius 2 is 1.35 bits per heavy atom. The molecule has 1 heterocycles. The molecule has 2 amide bonds. The number of hydrogen-bond acceptors (Lipinski definition) is 3. The van der Waals surface area contributed by atoms with Crippen LogP contribution in [0.15, 0.2) is 24.3 Å². The van der Waals surface area contributed by atoms with Crippen molar-refractivity contribution in [2.75, 3.05) is 26.2 Å². The van der Waals surface area contributed by atoms with Crippen molar-refractivity contribution >= 4 is 17.8 Å². The van der Waals surface area contributed by atoms with Crippen molar-refractivity contribution in [3.05, 3.63) is 35.4 Å². The summed E-state index contributed by atoms with van der Waals surface area (Å²) in [5, 5.41) is 8.81. The number of carboxylic acids is 1. The third-order valence-electron chi connectivity index (χ3n) is 3.39. The molecule has 0 radical (unpaired) electrons. The number of aromatic carboxylic acids is 1. The molecular formula is C14H16N2O4. The first-order valence-corrected chi connectivity index (χ1v) is 6.37. The van der Waals surface area contributed by atoms with Gasteiger partial charge in [-0.1, -0.05) is 0 Å². The van der Waals surface area contributed by atoms with E-state index >= 15 is 0 Å². The Kier molecular flexibility index (Phi) is 4.02. The molecule has 1 aromatic rings. The molecule has 0 atom stereocenters. The quantitative estimate of drug-likeness (QED) is 0.862. The fourth-order valence-electron chi connectivity index (χ4n) is 2.16. The highest BCUT2D eigenvalue weighted by Crippen LogP contribution is 2.10. The van der Waals surface area contributed by atoms with Crippen molar-refractivity contribution in [3.63, 3.8) is 0 Å². The summed E-state index contributed by atoms with van der Waals surface area (Å²) in [6, 6.07) is 5.87. The van der Waals surface area contributed by atoms with Crippen LogP contribution in [0.4, 0.5) is 0 Å². The van der Waals surface area contributed by atoms with Gasteiger partial charge in [0.15, 0.2) is 0 Å². The van der Waals surface area contributed by atoms with E-state index in [1.165, 1.54) is 31.2 Å². The molecule has 1 aromatic carbocycles. The van der Waals surface area contributed by atoms with E-state index in [1.807, 2.05) is 0 Å². The third kappa shape index (κ3) is 2.96. The summed E-state index contributed by atoms with van der Waals surface area (Å²) in [6.45, 7) is 3.59. The first-order chi connectivity index (χ1) is 9.49. The highest BCUT2D eigenvalue weighted by Gasteiger charge is 2.23. The first kappa shape index (κ1) is 14.0. The summed E-state index contributed by atoms with van der Waals surface area (Å²) < 4.78 is 0. The van der Waals surface area contributed by atoms with E-state index in [9.17, 15) is 14.4 Å². The molecule has 1 fully saturated rings. The standard InChI is InChI=1S/C14H16N2O4/c1-10(17)15-6-8-16(9-7-15)13(18)11-2-4-12(5-3-11)14(19)20/h2-5H,6-9H2,1H3,(H,19,20). The van der Waals surface area contributed by atoms with Crippen LogP contribution in [0.25, 0.3) is 0 Å². The van der Waals surface area contributed by atoms with Gasteiger partial charge in [-0.3, -0.25) is 9.59 Å². The Morgan fingerprint density at radius 3 is 1.80 bits per heavy atom. The van der Waals surface area contributed by atoms with Gasteiger partial charge in [0.1, 0.15) is 0 Å². The number of carbonyl (C=O) groups excluding carboxylic acids is 2. The van der Waals surface area contributed by atoms with E-state index in [2.05, 4.69) is 0 Å². The Balaban J connectivity index is 2.01. The molecule has 0 spiro atoms. The Hall–Kier alpha value is -2.37. The molecule has 0 aromatic heterocycles. The van der Waals surface area contributed by atoms with Crippen LogP contribution in [0.1, 0.15) is 27.6 Å².